The van der Waals surface area contributed by atoms with E-state index < -0.39 is 17.7 Å². The Morgan fingerprint density at radius 3 is 2.48 bits per heavy atom. The predicted molar refractivity (Wildman–Crippen MR) is 123 cm³/mol. The molecule has 0 saturated carbocycles. The van der Waals surface area contributed by atoms with Crippen LogP contribution in [0.25, 0.3) is 5.76 Å². The maximum Gasteiger partial charge on any atom is 0.300 e. The summed E-state index contributed by atoms with van der Waals surface area (Å²) in [4.78, 5) is 31.9. The molecule has 2 aromatic carbocycles. The van der Waals surface area contributed by atoms with Gasteiger partial charge >= 0.3 is 0 Å². The van der Waals surface area contributed by atoms with E-state index in [2.05, 4.69) is 4.98 Å². The Morgan fingerprint density at radius 1 is 1.15 bits per heavy atom. The topological polar surface area (TPSA) is 104 Å². The number of aryl methyl sites for hydroxylation is 2. The lowest BCUT2D eigenvalue weighted by molar-refractivity contribution is -0.132. The molecule has 0 radical (unpaired) electrons. The van der Waals surface area contributed by atoms with Crippen molar-refractivity contribution in [2.75, 3.05) is 12.0 Å². The summed E-state index contributed by atoms with van der Waals surface area (Å²) in [5.74, 6) is -1.49. The van der Waals surface area contributed by atoms with Crippen LogP contribution in [-0.2, 0) is 9.59 Å². The third kappa shape index (κ3) is 3.72. The number of Topliss-reactive ketones (excluding diaryl/α,β-unsaturated/α-hetero) is 1. The molecule has 0 aliphatic carbocycles. The van der Waals surface area contributed by atoms with Crippen LogP contribution in [0.5, 0.6) is 5.75 Å². The number of aliphatic hydroxyl groups excluding tert-OH is 1. The number of rotatable bonds is 4. The highest BCUT2D eigenvalue weighted by molar-refractivity contribution is 6.51. The zero-order valence-corrected chi connectivity index (χ0v) is 18.4. The van der Waals surface area contributed by atoms with Crippen molar-refractivity contribution in [2.24, 2.45) is 0 Å². The van der Waals surface area contributed by atoms with Gasteiger partial charge in [-0.2, -0.15) is 5.26 Å². The summed E-state index contributed by atoms with van der Waals surface area (Å²) in [5.41, 5.74) is 3.35. The number of pyridine rings is 1. The van der Waals surface area contributed by atoms with E-state index in [1.165, 1.54) is 12.0 Å². The SMILES string of the molecule is COc1c(C)cc(C)cc1/C(O)=C1\C(=O)C(=O)N(c2ccc(C#N)cc2)C1c1cccnc1. The third-order valence-corrected chi connectivity index (χ3v) is 5.60. The number of amides is 1. The Bertz CT molecular complexity index is 1320. The van der Waals surface area contributed by atoms with Crippen molar-refractivity contribution in [1.29, 1.82) is 5.26 Å². The van der Waals surface area contributed by atoms with Gasteiger partial charge in [-0.15, -0.1) is 0 Å². The summed E-state index contributed by atoms with van der Waals surface area (Å²) in [5, 5.41) is 20.5. The molecule has 1 atom stereocenters. The summed E-state index contributed by atoms with van der Waals surface area (Å²) in [7, 11) is 1.49. The molecule has 1 amide bonds. The number of anilines is 1. The van der Waals surface area contributed by atoms with Crippen LogP contribution in [0.4, 0.5) is 5.69 Å². The fourth-order valence-electron chi connectivity index (χ4n) is 4.19. The first-order valence-electron chi connectivity index (χ1n) is 10.2. The van der Waals surface area contributed by atoms with Crippen molar-refractivity contribution in [2.45, 2.75) is 19.9 Å². The molecule has 1 unspecified atom stereocenters. The highest BCUT2D eigenvalue weighted by Gasteiger charge is 2.47. The highest BCUT2D eigenvalue weighted by atomic mass is 16.5. The molecule has 1 N–H and O–H groups in total. The smallest absolute Gasteiger partial charge is 0.300 e. The number of hydrogen-bond donors (Lipinski definition) is 1. The first-order valence-corrected chi connectivity index (χ1v) is 10.2. The van der Waals surface area contributed by atoms with Crippen LogP contribution in [0.3, 0.4) is 0 Å². The number of ketones is 1. The lowest BCUT2D eigenvalue weighted by Crippen LogP contribution is -2.29. The van der Waals surface area contributed by atoms with Gasteiger partial charge in [0.05, 0.1) is 35.9 Å². The third-order valence-electron chi connectivity index (χ3n) is 5.60. The fraction of sp³-hybridized carbons (Fsp3) is 0.154. The second-order valence-corrected chi connectivity index (χ2v) is 7.78. The predicted octanol–water partition coefficient (Wildman–Crippen LogP) is 4.21. The number of ether oxygens (including phenoxy) is 1. The van der Waals surface area contributed by atoms with Gasteiger partial charge in [0.1, 0.15) is 11.5 Å². The monoisotopic (exact) mass is 439 g/mol. The van der Waals surface area contributed by atoms with Crippen molar-refractivity contribution in [3.63, 3.8) is 0 Å². The molecule has 164 valence electrons. The van der Waals surface area contributed by atoms with Crippen LogP contribution in [-0.4, -0.2) is 28.9 Å². The van der Waals surface area contributed by atoms with Crippen LogP contribution in [0, 0.1) is 25.2 Å². The number of methoxy groups -OCH3 is 1. The van der Waals surface area contributed by atoms with E-state index in [9.17, 15) is 14.7 Å². The molecular weight excluding hydrogens is 418 g/mol. The van der Waals surface area contributed by atoms with Crippen LogP contribution in [0.1, 0.15) is 33.9 Å². The standard InChI is InChI=1S/C26H21N3O4/c1-15-11-16(2)25(33-3)20(12-15)23(30)21-22(18-5-4-10-28-14-18)29(26(32)24(21)31)19-8-6-17(13-27)7-9-19/h4-12,14,22,30H,1-3H3/b23-21+. The number of benzene rings is 2. The number of carbonyl (C=O) groups excluding carboxylic acids is 2. The number of aliphatic hydroxyl groups is 1. The van der Waals surface area contributed by atoms with Gasteiger partial charge in [-0.05, 0) is 66.9 Å². The lowest BCUT2D eigenvalue weighted by atomic mass is 9.94. The summed E-state index contributed by atoms with van der Waals surface area (Å²) in [6.07, 6.45) is 3.14. The number of hydrogen-bond acceptors (Lipinski definition) is 6. The zero-order chi connectivity index (χ0) is 23.7. The lowest BCUT2D eigenvalue weighted by Gasteiger charge is -2.25. The van der Waals surface area contributed by atoms with Crippen molar-refractivity contribution < 1.29 is 19.4 Å². The minimum absolute atomic E-state index is 0.0549. The summed E-state index contributed by atoms with van der Waals surface area (Å²) >= 11 is 0. The minimum atomic E-state index is -0.905. The van der Waals surface area contributed by atoms with E-state index in [0.717, 1.165) is 11.1 Å². The van der Waals surface area contributed by atoms with Gasteiger partial charge in [-0.25, -0.2) is 0 Å². The molecule has 0 bridgehead atoms. The largest absolute Gasteiger partial charge is 0.507 e. The van der Waals surface area contributed by atoms with Gasteiger partial charge in [0.25, 0.3) is 11.7 Å². The number of nitriles is 1. The van der Waals surface area contributed by atoms with E-state index in [0.29, 0.717) is 28.1 Å². The van der Waals surface area contributed by atoms with Gasteiger partial charge in [0, 0.05) is 18.1 Å². The Kier molecular flexibility index (Phi) is 5.67. The van der Waals surface area contributed by atoms with Gasteiger partial charge in [0.2, 0.25) is 0 Å². The first kappa shape index (κ1) is 21.8. The summed E-state index contributed by atoms with van der Waals surface area (Å²) in [6.45, 7) is 3.72. The molecule has 7 nitrogen and oxygen atoms in total. The minimum Gasteiger partial charge on any atom is -0.507 e. The van der Waals surface area contributed by atoms with Crippen molar-refractivity contribution in [3.8, 4) is 11.8 Å². The van der Waals surface area contributed by atoms with Gasteiger partial charge in [-0.1, -0.05) is 12.1 Å². The van der Waals surface area contributed by atoms with E-state index in [4.69, 9.17) is 10.00 Å². The molecule has 0 spiro atoms. The average molecular weight is 439 g/mol. The van der Waals surface area contributed by atoms with Crippen LogP contribution in [0.15, 0.2) is 66.5 Å². The molecule has 1 aliphatic heterocycles. The normalized spacial score (nSPS) is 17.2. The van der Waals surface area contributed by atoms with Crippen LogP contribution < -0.4 is 9.64 Å². The first-order chi connectivity index (χ1) is 15.9. The zero-order valence-electron chi connectivity index (χ0n) is 18.4. The summed E-state index contributed by atoms with van der Waals surface area (Å²) < 4.78 is 5.50. The molecule has 4 rings (SSSR count). The number of aromatic nitrogens is 1. The molecule has 7 heteroatoms. The van der Waals surface area contributed by atoms with E-state index >= 15 is 0 Å². The quantitative estimate of drug-likeness (QED) is 0.371. The Balaban J connectivity index is 1.98. The Hall–Kier alpha value is -4.44. The van der Waals surface area contributed by atoms with E-state index in [1.807, 2.05) is 26.0 Å². The molecule has 1 saturated heterocycles. The van der Waals surface area contributed by atoms with Crippen molar-refractivity contribution in [3.05, 3.63) is 94.3 Å². The van der Waals surface area contributed by atoms with E-state index in [-0.39, 0.29) is 11.3 Å². The number of nitrogens with zero attached hydrogens (tertiary/aromatic N) is 3. The highest BCUT2D eigenvalue weighted by Crippen LogP contribution is 2.43. The van der Waals surface area contributed by atoms with Crippen LogP contribution in [0.2, 0.25) is 0 Å². The van der Waals surface area contributed by atoms with E-state index in [1.54, 1.807) is 54.9 Å². The molecular formula is C26H21N3O4. The maximum absolute atomic E-state index is 13.3. The van der Waals surface area contributed by atoms with Crippen molar-refractivity contribution >= 4 is 23.1 Å². The molecule has 1 aliphatic rings. The Labute approximate surface area is 191 Å². The summed E-state index contributed by atoms with van der Waals surface area (Å²) in [6, 6.07) is 14.5. The van der Waals surface area contributed by atoms with Gasteiger partial charge in [0.15, 0.2) is 0 Å². The van der Waals surface area contributed by atoms with Gasteiger partial charge in [-0.3, -0.25) is 19.5 Å². The molecule has 3 aromatic rings. The van der Waals surface area contributed by atoms with Crippen molar-refractivity contribution in [1.82, 2.24) is 4.98 Å². The molecule has 33 heavy (non-hydrogen) atoms. The Morgan fingerprint density at radius 2 is 1.88 bits per heavy atom. The number of carbonyl (C=O) groups is 2. The molecule has 1 aromatic heterocycles. The molecule has 2 heterocycles. The average Bonchev–Trinajstić information content (AvgIpc) is 3.09. The second kappa shape index (κ2) is 8.60. The maximum atomic E-state index is 13.3. The second-order valence-electron chi connectivity index (χ2n) is 7.78. The van der Waals surface area contributed by atoms with Crippen LogP contribution >= 0.6 is 0 Å². The molecule has 1 fully saturated rings. The fourth-order valence-corrected chi connectivity index (χ4v) is 4.19. The van der Waals surface area contributed by atoms with Gasteiger partial charge < -0.3 is 9.84 Å².